The largest absolute Gasteiger partial charge is 0.495 e. The molecular weight excluding hydrogens is 404 g/mol. The van der Waals surface area contributed by atoms with E-state index in [0.29, 0.717) is 11.4 Å². The molecule has 0 spiro atoms. The number of amides is 2. The first-order valence-electron chi connectivity index (χ1n) is 9.17. The Morgan fingerprint density at radius 3 is 2.55 bits per heavy atom. The van der Waals surface area contributed by atoms with Crippen LogP contribution in [0.5, 0.6) is 5.75 Å². The van der Waals surface area contributed by atoms with Gasteiger partial charge in [-0.2, -0.15) is 0 Å². The lowest BCUT2D eigenvalue weighted by Gasteiger charge is -2.12. The summed E-state index contributed by atoms with van der Waals surface area (Å²) < 4.78 is 11.6. The maximum atomic E-state index is 12.5. The second-order valence-corrected chi connectivity index (χ2v) is 6.43. The molecule has 1 aromatic heterocycles. The van der Waals surface area contributed by atoms with Crippen LogP contribution in [0.25, 0.3) is 0 Å². The van der Waals surface area contributed by atoms with Crippen molar-refractivity contribution in [2.75, 3.05) is 24.4 Å². The van der Waals surface area contributed by atoms with Crippen LogP contribution in [0.1, 0.15) is 15.9 Å². The highest BCUT2D eigenvalue weighted by molar-refractivity contribution is 6.02. The van der Waals surface area contributed by atoms with E-state index in [0.717, 1.165) is 5.56 Å². The Labute approximate surface area is 177 Å². The van der Waals surface area contributed by atoms with Crippen LogP contribution in [0.15, 0.2) is 48.8 Å². The first-order chi connectivity index (χ1) is 15.0. The number of nitrogens with zero attached hydrogens (tertiary/aromatic N) is 4. The minimum absolute atomic E-state index is 0.105. The lowest BCUT2D eigenvalue weighted by Crippen LogP contribution is -2.23. The van der Waals surface area contributed by atoms with Crippen LogP contribution >= 0.6 is 0 Å². The van der Waals surface area contributed by atoms with Crippen molar-refractivity contribution in [1.29, 1.82) is 0 Å². The highest BCUT2D eigenvalue weighted by Crippen LogP contribution is 2.25. The van der Waals surface area contributed by atoms with Gasteiger partial charge in [-0.1, -0.05) is 18.2 Å². The molecule has 0 aliphatic rings. The van der Waals surface area contributed by atoms with E-state index in [1.165, 1.54) is 24.2 Å². The van der Waals surface area contributed by atoms with Gasteiger partial charge < -0.3 is 20.1 Å². The van der Waals surface area contributed by atoms with Gasteiger partial charge in [0.25, 0.3) is 5.91 Å². The molecule has 3 aromatic rings. The summed E-state index contributed by atoms with van der Waals surface area (Å²) >= 11 is 0. The molecule has 11 nitrogen and oxygen atoms in total. The minimum atomic E-state index is -0.760. The zero-order valence-corrected chi connectivity index (χ0v) is 16.9. The standard InChI is InChI=1S/C20H20N6O5/c1-13-7-8-17(30-2)16(9-13)23-19(28)11-31-20(29)14-5-3-4-6-15(14)22-18(27)10-26-12-21-24-25-26/h3-9,12H,10-11H2,1-2H3,(H,22,27)(H,23,28). The molecule has 0 unspecified atom stereocenters. The molecule has 0 saturated heterocycles. The third-order valence-electron chi connectivity index (χ3n) is 4.08. The van der Waals surface area contributed by atoms with Crippen molar-refractivity contribution in [3.05, 3.63) is 59.9 Å². The number of nitrogens with one attached hydrogen (secondary N) is 2. The normalized spacial score (nSPS) is 10.3. The molecule has 0 aliphatic heterocycles. The van der Waals surface area contributed by atoms with Gasteiger partial charge in [-0.3, -0.25) is 9.59 Å². The van der Waals surface area contributed by atoms with Gasteiger partial charge in [-0.15, -0.1) is 5.10 Å². The second-order valence-electron chi connectivity index (χ2n) is 6.43. The summed E-state index contributed by atoms with van der Waals surface area (Å²) in [6.45, 7) is 1.24. The van der Waals surface area contributed by atoms with Gasteiger partial charge in [-0.25, -0.2) is 9.48 Å². The molecule has 1 heterocycles. The fraction of sp³-hybridized carbons (Fsp3) is 0.200. The van der Waals surface area contributed by atoms with Crippen LogP contribution in [0.3, 0.4) is 0 Å². The number of methoxy groups -OCH3 is 1. The number of aryl methyl sites for hydroxylation is 1. The summed E-state index contributed by atoms with van der Waals surface area (Å²) in [5, 5.41) is 15.8. The van der Waals surface area contributed by atoms with E-state index in [1.54, 1.807) is 30.3 Å². The van der Waals surface area contributed by atoms with Gasteiger partial charge in [0.2, 0.25) is 5.91 Å². The predicted octanol–water partition coefficient (Wildman–Crippen LogP) is 1.42. The summed E-state index contributed by atoms with van der Waals surface area (Å²) in [6.07, 6.45) is 1.29. The van der Waals surface area contributed by atoms with Crippen LogP contribution in [0.2, 0.25) is 0 Å². The number of para-hydroxylation sites is 1. The number of benzene rings is 2. The Balaban J connectivity index is 1.60. The van der Waals surface area contributed by atoms with E-state index < -0.39 is 24.4 Å². The minimum Gasteiger partial charge on any atom is -0.495 e. The SMILES string of the molecule is COc1ccc(C)cc1NC(=O)COC(=O)c1ccccc1NC(=O)Cn1cnnn1. The molecule has 0 bridgehead atoms. The maximum Gasteiger partial charge on any atom is 0.340 e. The Morgan fingerprint density at radius 1 is 1.03 bits per heavy atom. The molecule has 0 aliphatic carbocycles. The zero-order chi connectivity index (χ0) is 22.2. The van der Waals surface area contributed by atoms with E-state index in [-0.39, 0.29) is 17.8 Å². The zero-order valence-electron chi connectivity index (χ0n) is 16.9. The number of carbonyl (C=O) groups excluding carboxylic acids is 3. The molecule has 160 valence electrons. The van der Waals surface area contributed by atoms with Crippen molar-refractivity contribution >= 4 is 29.2 Å². The molecule has 2 amide bonds. The molecule has 11 heteroatoms. The summed E-state index contributed by atoms with van der Waals surface area (Å²) in [6, 6.07) is 11.6. The van der Waals surface area contributed by atoms with Gasteiger partial charge in [-0.05, 0) is 47.2 Å². The lowest BCUT2D eigenvalue weighted by molar-refractivity contribution is -0.119. The number of tetrazole rings is 1. The van der Waals surface area contributed by atoms with Crippen molar-refractivity contribution in [3.63, 3.8) is 0 Å². The Kier molecular flexibility index (Phi) is 6.89. The number of hydrogen-bond acceptors (Lipinski definition) is 8. The monoisotopic (exact) mass is 424 g/mol. The topological polar surface area (TPSA) is 137 Å². The molecule has 0 radical (unpaired) electrons. The Morgan fingerprint density at radius 2 is 1.81 bits per heavy atom. The van der Waals surface area contributed by atoms with Crippen LogP contribution in [-0.2, 0) is 20.9 Å². The first-order valence-corrected chi connectivity index (χ1v) is 9.17. The molecule has 31 heavy (non-hydrogen) atoms. The molecular formula is C20H20N6O5. The van der Waals surface area contributed by atoms with Crippen LogP contribution < -0.4 is 15.4 Å². The van der Waals surface area contributed by atoms with E-state index in [9.17, 15) is 14.4 Å². The quantitative estimate of drug-likeness (QED) is 0.518. The fourth-order valence-corrected chi connectivity index (χ4v) is 2.67. The highest BCUT2D eigenvalue weighted by Gasteiger charge is 2.17. The summed E-state index contributed by atoms with van der Waals surface area (Å²) in [5.74, 6) is -1.24. The molecule has 0 saturated carbocycles. The number of aromatic nitrogens is 4. The summed E-state index contributed by atoms with van der Waals surface area (Å²) in [7, 11) is 1.49. The second kappa shape index (κ2) is 9.96. The van der Waals surface area contributed by atoms with Gasteiger partial charge in [0.05, 0.1) is 24.0 Å². The Bertz CT molecular complexity index is 1080. The number of hydrogen-bond donors (Lipinski definition) is 2. The number of rotatable bonds is 8. The van der Waals surface area contributed by atoms with Crippen LogP contribution in [0.4, 0.5) is 11.4 Å². The van der Waals surface area contributed by atoms with E-state index >= 15 is 0 Å². The first kappa shape index (κ1) is 21.4. The summed E-state index contributed by atoms with van der Waals surface area (Å²) in [4.78, 5) is 36.9. The van der Waals surface area contributed by atoms with Gasteiger partial charge >= 0.3 is 5.97 Å². The third-order valence-corrected chi connectivity index (χ3v) is 4.08. The van der Waals surface area contributed by atoms with E-state index in [2.05, 4.69) is 26.2 Å². The van der Waals surface area contributed by atoms with Crippen molar-refractivity contribution in [3.8, 4) is 5.75 Å². The van der Waals surface area contributed by atoms with Gasteiger partial charge in [0.15, 0.2) is 6.61 Å². The summed E-state index contributed by atoms with van der Waals surface area (Å²) in [5.41, 5.74) is 1.75. The van der Waals surface area contributed by atoms with Crippen molar-refractivity contribution < 1.29 is 23.9 Å². The highest BCUT2D eigenvalue weighted by atomic mass is 16.5. The third kappa shape index (κ3) is 5.85. The van der Waals surface area contributed by atoms with E-state index in [4.69, 9.17) is 9.47 Å². The average Bonchev–Trinajstić information content (AvgIpc) is 3.25. The average molecular weight is 424 g/mol. The number of carbonyl (C=O) groups is 3. The lowest BCUT2D eigenvalue weighted by atomic mass is 10.2. The van der Waals surface area contributed by atoms with Crippen molar-refractivity contribution in [2.24, 2.45) is 0 Å². The number of ether oxygens (including phenoxy) is 2. The number of anilines is 2. The van der Waals surface area contributed by atoms with E-state index in [1.807, 2.05) is 13.0 Å². The number of esters is 1. The van der Waals surface area contributed by atoms with Gasteiger partial charge in [0, 0.05) is 0 Å². The molecule has 0 atom stereocenters. The van der Waals surface area contributed by atoms with Crippen molar-refractivity contribution in [2.45, 2.75) is 13.5 Å². The molecule has 2 aromatic carbocycles. The molecule has 3 rings (SSSR count). The van der Waals surface area contributed by atoms with Crippen LogP contribution in [0, 0.1) is 6.92 Å². The van der Waals surface area contributed by atoms with Gasteiger partial charge in [0.1, 0.15) is 18.6 Å². The molecule has 0 fully saturated rings. The van der Waals surface area contributed by atoms with Crippen molar-refractivity contribution in [1.82, 2.24) is 20.2 Å². The van der Waals surface area contributed by atoms with Crippen LogP contribution in [-0.4, -0.2) is 51.7 Å². The predicted molar refractivity (Wildman–Crippen MR) is 110 cm³/mol. The maximum absolute atomic E-state index is 12.5. The smallest absolute Gasteiger partial charge is 0.340 e. The fourth-order valence-electron chi connectivity index (χ4n) is 2.67. The Hall–Kier alpha value is -4.28. The molecule has 2 N–H and O–H groups in total.